The fraction of sp³-hybridized carbons (Fsp3) is 0.417. The number of hydrogen-bond acceptors (Lipinski definition) is 3. The molecule has 2 aromatic carbocycles. The van der Waals surface area contributed by atoms with Crippen LogP contribution in [0.15, 0.2) is 53.7 Å². The van der Waals surface area contributed by atoms with Crippen molar-refractivity contribution < 1.29 is 4.39 Å². The van der Waals surface area contributed by atoms with Gasteiger partial charge >= 0.3 is 0 Å². The molecular weight excluding hydrogens is 381 g/mol. The summed E-state index contributed by atoms with van der Waals surface area (Å²) in [5.74, 6) is 1.52. The second kappa shape index (κ2) is 8.31. The SMILES string of the molecule is CC(C)(C)c1ccc(-c2nnc(SCc3ccc(F)cc3)n2C2CCCC2)cc1. The largest absolute Gasteiger partial charge is 0.299 e. The number of rotatable bonds is 5. The first-order valence-electron chi connectivity index (χ1n) is 10.3. The Labute approximate surface area is 176 Å². The molecule has 4 rings (SSSR count). The Morgan fingerprint density at radius 3 is 2.24 bits per heavy atom. The molecule has 0 bridgehead atoms. The summed E-state index contributed by atoms with van der Waals surface area (Å²) >= 11 is 1.68. The van der Waals surface area contributed by atoms with E-state index in [4.69, 9.17) is 0 Å². The van der Waals surface area contributed by atoms with Crippen molar-refractivity contribution in [3.05, 3.63) is 65.5 Å². The van der Waals surface area contributed by atoms with Crippen LogP contribution in [0.25, 0.3) is 11.4 Å². The lowest BCUT2D eigenvalue weighted by atomic mass is 9.86. The summed E-state index contributed by atoms with van der Waals surface area (Å²) in [6.45, 7) is 6.69. The van der Waals surface area contributed by atoms with Crippen LogP contribution in [-0.4, -0.2) is 14.8 Å². The standard InChI is InChI=1S/C24H28FN3S/c1-24(2,3)19-12-10-18(11-13-19)22-26-27-23(28(22)21-6-4-5-7-21)29-16-17-8-14-20(25)15-9-17/h8-15,21H,4-7,16H2,1-3H3. The van der Waals surface area contributed by atoms with E-state index in [0.717, 1.165) is 27.9 Å². The third kappa shape index (κ3) is 4.55. The van der Waals surface area contributed by atoms with Crippen LogP contribution in [0.3, 0.4) is 0 Å². The topological polar surface area (TPSA) is 30.7 Å². The third-order valence-electron chi connectivity index (χ3n) is 5.64. The van der Waals surface area contributed by atoms with Crippen molar-refractivity contribution in [2.24, 2.45) is 0 Å². The van der Waals surface area contributed by atoms with Crippen LogP contribution in [0.2, 0.25) is 0 Å². The predicted octanol–water partition coefficient (Wildman–Crippen LogP) is 6.79. The minimum atomic E-state index is -0.200. The van der Waals surface area contributed by atoms with Gasteiger partial charge in [0.1, 0.15) is 5.82 Å². The summed E-state index contributed by atoms with van der Waals surface area (Å²) in [5.41, 5.74) is 3.66. The number of halogens is 1. The molecule has 1 fully saturated rings. The average molecular weight is 410 g/mol. The van der Waals surface area contributed by atoms with Crippen molar-refractivity contribution >= 4 is 11.8 Å². The van der Waals surface area contributed by atoms with Crippen LogP contribution in [0.5, 0.6) is 0 Å². The number of nitrogens with zero attached hydrogens (tertiary/aromatic N) is 3. The molecule has 0 atom stereocenters. The second-order valence-corrected chi connectivity index (χ2v) is 9.80. The van der Waals surface area contributed by atoms with Gasteiger partial charge in [0, 0.05) is 17.4 Å². The van der Waals surface area contributed by atoms with Crippen LogP contribution in [-0.2, 0) is 11.2 Å². The third-order valence-corrected chi connectivity index (χ3v) is 6.66. The van der Waals surface area contributed by atoms with Gasteiger partial charge in [0.25, 0.3) is 0 Å². The lowest BCUT2D eigenvalue weighted by Gasteiger charge is -2.20. The maximum absolute atomic E-state index is 13.2. The van der Waals surface area contributed by atoms with E-state index in [-0.39, 0.29) is 11.2 Å². The first kappa shape index (κ1) is 20.1. The molecule has 0 aliphatic heterocycles. The fourth-order valence-corrected chi connectivity index (χ4v) is 4.87. The molecule has 0 saturated heterocycles. The van der Waals surface area contributed by atoms with E-state index in [1.807, 2.05) is 12.1 Å². The van der Waals surface area contributed by atoms with Gasteiger partial charge in [0.2, 0.25) is 0 Å². The normalized spacial score (nSPS) is 15.2. The van der Waals surface area contributed by atoms with E-state index < -0.39 is 0 Å². The zero-order valence-electron chi connectivity index (χ0n) is 17.4. The summed E-state index contributed by atoms with van der Waals surface area (Å²) in [5, 5.41) is 10.1. The molecule has 1 aliphatic carbocycles. The lowest BCUT2D eigenvalue weighted by Crippen LogP contribution is -2.11. The highest BCUT2D eigenvalue weighted by Crippen LogP contribution is 2.37. The molecule has 3 aromatic rings. The van der Waals surface area contributed by atoms with Gasteiger partial charge < -0.3 is 0 Å². The maximum atomic E-state index is 13.2. The van der Waals surface area contributed by atoms with Crippen LogP contribution < -0.4 is 0 Å². The van der Waals surface area contributed by atoms with Crippen molar-refractivity contribution in [3.8, 4) is 11.4 Å². The highest BCUT2D eigenvalue weighted by molar-refractivity contribution is 7.98. The Bertz CT molecular complexity index is 949. The minimum absolute atomic E-state index is 0.133. The minimum Gasteiger partial charge on any atom is -0.299 e. The molecule has 1 aliphatic rings. The molecule has 5 heteroatoms. The quantitative estimate of drug-likeness (QED) is 0.435. The van der Waals surface area contributed by atoms with Gasteiger partial charge in [-0.15, -0.1) is 10.2 Å². The molecule has 0 spiro atoms. The molecule has 3 nitrogen and oxygen atoms in total. The molecule has 0 amide bonds. The summed E-state index contributed by atoms with van der Waals surface area (Å²) in [4.78, 5) is 0. The molecule has 29 heavy (non-hydrogen) atoms. The lowest BCUT2D eigenvalue weighted by molar-refractivity contribution is 0.485. The molecule has 1 aromatic heterocycles. The zero-order chi connectivity index (χ0) is 20.4. The van der Waals surface area contributed by atoms with Crippen LogP contribution >= 0.6 is 11.8 Å². The van der Waals surface area contributed by atoms with E-state index in [9.17, 15) is 4.39 Å². The van der Waals surface area contributed by atoms with Gasteiger partial charge in [0.15, 0.2) is 11.0 Å². The van der Waals surface area contributed by atoms with Gasteiger partial charge in [-0.1, -0.05) is 81.8 Å². The van der Waals surface area contributed by atoms with Gasteiger partial charge in [0.05, 0.1) is 0 Å². The van der Waals surface area contributed by atoms with Gasteiger partial charge in [-0.25, -0.2) is 4.39 Å². The number of thioether (sulfide) groups is 1. The predicted molar refractivity (Wildman–Crippen MR) is 118 cm³/mol. The first-order valence-corrected chi connectivity index (χ1v) is 11.3. The van der Waals surface area contributed by atoms with Crippen LogP contribution in [0.4, 0.5) is 4.39 Å². The number of hydrogen-bond donors (Lipinski definition) is 0. The van der Waals surface area contributed by atoms with Gasteiger partial charge in [-0.2, -0.15) is 0 Å². The summed E-state index contributed by atoms with van der Waals surface area (Å²) in [6, 6.07) is 15.9. The van der Waals surface area contributed by atoms with E-state index >= 15 is 0 Å². The molecule has 0 radical (unpaired) electrons. The Balaban J connectivity index is 1.63. The molecule has 0 N–H and O–H groups in total. The van der Waals surface area contributed by atoms with Crippen molar-refractivity contribution in [2.45, 2.75) is 68.8 Å². The van der Waals surface area contributed by atoms with Gasteiger partial charge in [-0.05, 0) is 41.5 Å². The van der Waals surface area contributed by atoms with Crippen molar-refractivity contribution in [1.82, 2.24) is 14.8 Å². The van der Waals surface area contributed by atoms with E-state index in [2.05, 4.69) is 59.8 Å². The van der Waals surface area contributed by atoms with Crippen molar-refractivity contribution in [1.29, 1.82) is 0 Å². The number of benzene rings is 2. The Kier molecular flexibility index (Phi) is 5.77. The van der Waals surface area contributed by atoms with Gasteiger partial charge in [-0.3, -0.25) is 4.57 Å². The summed E-state index contributed by atoms with van der Waals surface area (Å²) in [6.07, 6.45) is 4.87. The number of aromatic nitrogens is 3. The van der Waals surface area contributed by atoms with E-state index in [0.29, 0.717) is 6.04 Å². The first-order chi connectivity index (χ1) is 13.9. The van der Waals surface area contributed by atoms with Crippen LogP contribution in [0.1, 0.15) is 63.6 Å². The van der Waals surface area contributed by atoms with Crippen LogP contribution in [0, 0.1) is 5.82 Å². The Hall–Kier alpha value is -2.14. The smallest absolute Gasteiger partial charge is 0.192 e. The second-order valence-electron chi connectivity index (χ2n) is 8.86. The maximum Gasteiger partial charge on any atom is 0.192 e. The molecular formula is C24H28FN3S. The van der Waals surface area contributed by atoms with E-state index in [1.165, 1.54) is 43.4 Å². The fourth-order valence-electron chi connectivity index (χ4n) is 3.91. The highest BCUT2D eigenvalue weighted by atomic mass is 32.2. The highest BCUT2D eigenvalue weighted by Gasteiger charge is 2.25. The molecule has 1 saturated carbocycles. The monoisotopic (exact) mass is 409 g/mol. The Morgan fingerprint density at radius 1 is 0.966 bits per heavy atom. The van der Waals surface area contributed by atoms with E-state index in [1.54, 1.807) is 11.8 Å². The molecule has 152 valence electrons. The van der Waals surface area contributed by atoms with Crippen molar-refractivity contribution in [2.75, 3.05) is 0 Å². The summed E-state index contributed by atoms with van der Waals surface area (Å²) < 4.78 is 15.5. The molecule has 0 unspecified atom stereocenters. The van der Waals surface area contributed by atoms with Crippen molar-refractivity contribution in [3.63, 3.8) is 0 Å². The zero-order valence-corrected chi connectivity index (χ0v) is 18.2. The average Bonchev–Trinajstić information content (AvgIpc) is 3.36. The Morgan fingerprint density at radius 2 is 1.62 bits per heavy atom. The summed E-state index contributed by atoms with van der Waals surface area (Å²) in [7, 11) is 0. The molecule has 1 heterocycles.